The van der Waals surface area contributed by atoms with Crippen molar-refractivity contribution in [1.82, 2.24) is 9.29 Å². The number of aromatic carboxylic acids is 1. The van der Waals surface area contributed by atoms with Gasteiger partial charge in [-0.05, 0) is 6.92 Å². The lowest BCUT2D eigenvalue weighted by Gasteiger charge is -2.42. The monoisotopic (exact) mass is 278 g/mol. The van der Waals surface area contributed by atoms with Crippen LogP contribution in [0.5, 0.6) is 0 Å². The number of sulfonamides is 1. The molecule has 2 N–H and O–H groups in total. The third-order valence-corrected chi connectivity index (χ3v) is 5.48. The summed E-state index contributed by atoms with van der Waals surface area (Å²) in [4.78, 5) is 14.3. The topological polar surface area (TPSA) is 108 Å². The van der Waals surface area contributed by atoms with Crippen LogP contribution in [-0.4, -0.2) is 52.6 Å². The van der Waals surface area contributed by atoms with E-state index in [0.29, 0.717) is 0 Å². The Labute approximate surface area is 101 Å². The zero-order valence-electron chi connectivity index (χ0n) is 8.82. The second kappa shape index (κ2) is 3.73. The number of aliphatic hydroxyl groups is 1. The minimum atomic E-state index is -3.86. The molecule has 1 aliphatic rings. The van der Waals surface area contributed by atoms with Gasteiger partial charge in [0.1, 0.15) is 0 Å². The van der Waals surface area contributed by atoms with Gasteiger partial charge in [0.05, 0.1) is 11.1 Å². The average molecular weight is 278 g/mol. The molecule has 0 aliphatic carbocycles. The molecule has 0 saturated carbocycles. The lowest BCUT2D eigenvalue weighted by atomic mass is 10.0. The van der Waals surface area contributed by atoms with E-state index in [0.717, 1.165) is 15.6 Å². The summed E-state index contributed by atoms with van der Waals surface area (Å²) in [5, 5.41) is 18.3. The number of aromatic nitrogens is 1. The van der Waals surface area contributed by atoms with Crippen molar-refractivity contribution in [1.29, 1.82) is 0 Å². The Kier molecular flexibility index (Phi) is 2.73. The molecule has 2 heterocycles. The van der Waals surface area contributed by atoms with E-state index in [1.165, 1.54) is 12.4 Å². The highest BCUT2D eigenvalue weighted by molar-refractivity contribution is 7.91. The molecule has 1 fully saturated rings. The zero-order chi connectivity index (χ0) is 12.8. The quantitative estimate of drug-likeness (QED) is 0.778. The van der Waals surface area contributed by atoms with Gasteiger partial charge in [-0.15, -0.1) is 11.3 Å². The van der Waals surface area contributed by atoms with Gasteiger partial charge in [-0.3, -0.25) is 0 Å². The van der Waals surface area contributed by atoms with Crippen LogP contribution in [-0.2, 0) is 10.0 Å². The summed E-state index contributed by atoms with van der Waals surface area (Å²) in [5.41, 5.74) is -0.336. The predicted molar refractivity (Wildman–Crippen MR) is 58.5 cm³/mol. The Hall–Kier alpha value is -1.03. The van der Waals surface area contributed by atoms with E-state index in [1.807, 2.05) is 0 Å². The summed E-state index contributed by atoms with van der Waals surface area (Å²) >= 11 is 0.759. The maximum Gasteiger partial charge on any atom is 0.356 e. The van der Waals surface area contributed by atoms with Crippen LogP contribution >= 0.6 is 11.3 Å². The highest BCUT2D eigenvalue weighted by Crippen LogP contribution is 2.31. The predicted octanol–water partition coefficient (Wildman–Crippen LogP) is -0.403. The number of thiazole rings is 1. The number of hydrogen-bond donors (Lipinski definition) is 2. The molecule has 94 valence electrons. The second-order valence-electron chi connectivity index (χ2n) is 4.06. The lowest BCUT2D eigenvalue weighted by molar-refractivity contribution is -0.0425. The normalized spacial score (nSPS) is 19.9. The van der Waals surface area contributed by atoms with Crippen LogP contribution in [0.25, 0.3) is 0 Å². The summed E-state index contributed by atoms with van der Waals surface area (Å²) in [6.45, 7) is 1.45. The minimum absolute atomic E-state index is 0.0354. The Bertz CT molecular complexity index is 554. The number of hydrogen-bond acceptors (Lipinski definition) is 6. The maximum absolute atomic E-state index is 12.0. The van der Waals surface area contributed by atoms with Crippen molar-refractivity contribution in [3.8, 4) is 0 Å². The Balaban J connectivity index is 2.34. The number of nitrogens with zero attached hydrogens (tertiary/aromatic N) is 2. The molecular formula is C8H10N2O5S2. The molecule has 1 saturated heterocycles. The van der Waals surface area contributed by atoms with E-state index in [1.54, 1.807) is 0 Å². The maximum atomic E-state index is 12.0. The molecule has 17 heavy (non-hydrogen) atoms. The highest BCUT2D eigenvalue weighted by atomic mass is 32.2. The molecular weight excluding hydrogens is 268 g/mol. The fourth-order valence-electron chi connectivity index (χ4n) is 1.56. The fraction of sp³-hybridized carbons (Fsp3) is 0.500. The van der Waals surface area contributed by atoms with Crippen molar-refractivity contribution in [3.63, 3.8) is 0 Å². The van der Waals surface area contributed by atoms with E-state index in [-0.39, 0.29) is 17.3 Å². The Morgan fingerprint density at radius 1 is 1.59 bits per heavy atom. The van der Waals surface area contributed by atoms with E-state index < -0.39 is 27.3 Å². The number of carboxylic acid groups (broad SMARTS) is 1. The average Bonchev–Trinajstić information content (AvgIpc) is 2.62. The van der Waals surface area contributed by atoms with E-state index in [9.17, 15) is 18.3 Å². The number of carbonyl (C=O) groups is 1. The minimum Gasteiger partial charge on any atom is -0.476 e. The molecule has 0 amide bonds. The smallest absolute Gasteiger partial charge is 0.356 e. The third kappa shape index (κ3) is 2.06. The molecule has 0 radical (unpaired) electrons. The van der Waals surface area contributed by atoms with Gasteiger partial charge in [0.2, 0.25) is 0 Å². The van der Waals surface area contributed by atoms with Crippen LogP contribution in [0.1, 0.15) is 17.4 Å². The van der Waals surface area contributed by atoms with Gasteiger partial charge in [0.15, 0.2) is 9.90 Å². The van der Waals surface area contributed by atoms with Crippen molar-refractivity contribution < 1.29 is 23.4 Å². The largest absolute Gasteiger partial charge is 0.476 e. The van der Waals surface area contributed by atoms with Gasteiger partial charge in [0, 0.05) is 13.1 Å². The SMILES string of the molecule is CC1(O)CN(S(=O)(=O)c2scnc2C(=O)O)C1. The molecule has 0 aromatic carbocycles. The summed E-state index contributed by atoms with van der Waals surface area (Å²) in [6, 6.07) is 0. The van der Waals surface area contributed by atoms with Gasteiger partial charge in [-0.25, -0.2) is 18.2 Å². The van der Waals surface area contributed by atoms with Crippen LogP contribution in [0.4, 0.5) is 0 Å². The molecule has 1 aliphatic heterocycles. The summed E-state index contributed by atoms with van der Waals surface area (Å²) < 4.78 is 24.8. The Morgan fingerprint density at radius 2 is 2.18 bits per heavy atom. The van der Waals surface area contributed by atoms with Gasteiger partial charge in [-0.1, -0.05) is 0 Å². The molecule has 0 bridgehead atoms. The number of rotatable bonds is 3. The highest BCUT2D eigenvalue weighted by Gasteiger charge is 2.45. The fourth-order valence-corrected chi connectivity index (χ4v) is 4.51. The van der Waals surface area contributed by atoms with Crippen molar-refractivity contribution in [2.45, 2.75) is 16.7 Å². The first kappa shape index (κ1) is 12.4. The molecule has 2 rings (SSSR count). The standard InChI is InChI=1S/C8H10N2O5S2/c1-8(13)2-10(3-8)17(14,15)7-5(6(11)12)9-4-16-7/h4,13H,2-3H2,1H3,(H,11,12). The van der Waals surface area contributed by atoms with Crippen LogP contribution in [0.2, 0.25) is 0 Å². The van der Waals surface area contributed by atoms with Crippen molar-refractivity contribution in [2.75, 3.05) is 13.1 Å². The second-order valence-corrected chi connectivity index (χ2v) is 7.05. The van der Waals surface area contributed by atoms with Gasteiger partial charge in [0.25, 0.3) is 10.0 Å². The zero-order valence-corrected chi connectivity index (χ0v) is 10.5. The van der Waals surface area contributed by atoms with Crippen LogP contribution in [0.3, 0.4) is 0 Å². The Morgan fingerprint density at radius 3 is 2.65 bits per heavy atom. The molecule has 7 nitrogen and oxygen atoms in total. The summed E-state index contributed by atoms with van der Waals surface area (Å²) in [6.07, 6.45) is 0. The molecule has 0 spiro atoms. The van der Waals surface area contributed by atoms with Crippen LogP contribution in [0, 0.1) is 0 Å². The molecule has 1 aromatic heterocycles. The van der Waals surface area contributed by atoms with Crippen molar-refractivity contribution in [3.05, 3.63) is 11.2 Å². The van der Waals surface area contributed by atoms with Gasteiger partial charge >= 0.3 is 5.97 Å². The molecule has 1 aromatic rings. The molecule has 0 unspecified atom stereocenters. The van der Waals surface area contributed by atoms with E-state index in [4.69, 9.17) is 5.11 Å². The van der Waals surface area contributed by atoms with Crippen LogP contribution < -0.4 is 0 Å². The summed E-state index contributed by atoms with van der Waals surface area (Å²) in [5.74, 6) is -1.38. The summed E-state index contributed by atoms with van der Waals surface area (Å²) in [7, 11) is -3.86. The first-order valence-electron chi connectivity index (χ1n) is 4.63. The van der Waals surface area contributed by atoms with Crippen molar-refractivity contribution >= 4 is 27.3 Å². The molecule has 0 atom stereocenters. The first-order chi connectivity index (χ1) is 7.74. The van der Waals surface area contributed by atoms with Crippen molar-refractivity contribution in [2.24, 2.45) is 0 Å². The van der Waals surface area contributed by atoms with E-state index >= 15 is 0 Å². The van der Waals surface area contributed by atoms with Gasteiger partial charge in [-0.2, -0.15) is 4.31 Å². The van der Waals surface area contributed by atoms with Gasteiger partial charge < -0.3 is 10.2 Å². The lowest BCUT2D eigenvalue weighted by Crippen LogP contribution is -2.61. The van der Waals surface area contributed by atoms with Crippen LogP contribution in [0.15, 0.2) is 9.72 Å². The first-order valence-corrected chi connectivity index (χ1v) is 6.95. The number of carboxylic acids is 1. The van der Waals surface area contributed by atoms with E-state index in [2.05, 4.69) is 4.98 Å². The molecule has 9 heteroatoms. The number of β-amino-alcohol motifs (C(OH)–C–C–N with tert-alkyl or cyclic N) is 1. The third-order valence-electron chi connectivity index (χ3n) is 2.35.